The number of ether oxygens (including phenoxy) is 1. The van der Waals surface area contributed by atoms with Crippen LogP contribution in [0.25, 0.3) is 0 Å². The Morgan fingerprint density at radius 3 is 2.21 bits per heavy atom. The maximum atomic E-state index is 13.9. The molecule has 1 N–H and O–H groups in total. The third kappa shape index (κ3) is 9.59. The minimum atomic E-state index is -3.65. The van der Waals surface area contributed by atoms with E-state index in [1.54, 1.807) is 29.2 Å². The Morgan fingerprint density at radius 1 is 0.952 bits per heavy atom. The number of carbonyl (C=O) groups excluding carboxylic acids is 2. The predicted molar refractivity (Wildman–Crippen MR) is 171 cm³/mol. The fraction of sp³-hybridized carbons (Fsp3) is 0.375. The molecule has 0 unspecified atom stereocenters. The van der Waals surface area contributed by atoms with E-state index in [4.69, 9.17) is 4.74 Å². The van der Waals surface area contributed by atoms with Crippen LogP contribution in [-0.4, -0.2) is 57.1 Å². The molecular formula is C32H40BrN3O5S. The predicted octanol–water partition coefficient (Wildman–Crippen LogP) is 5.56. The number of anilines is 1. The lowest BCUT2D eigenvalue weighted by Crippen LogP contribution is -2.52. The fourth-order valence-corrected chi connectivity index (χ4v) is 5.83. The first-order valence-corrected chi connectivity index (χ1v) is 16.7. The molecule has 2 amide bonds. The zero-order valence-corrected chi connectivity index (χ0v) is 27.0. The quantitative estimate of drug-likeness (QED) is 0.231. The summed E-state index contributed by atoms with van der Waals surface area (Å²) in [6.45, 7) is 4.26. The van der Waals surface area contributed by atoms with Crippen molar-refractivity contribution in [1.82, 2.24) is 10.2 Å². The molecule has 0 saturated heterocycles. The third-order valence-corrected chi connectivity index (χ3v) is 8.75. The van der Waals surface area contributed by atoms with Crippen LogP contribution in [0.4, 0.5) is 5.69 Å². The molecule has 0 aromatic heterocycles. The molecule has 0 aliphatic heterocycles. The van der Waals surface area contributed by atoms with Crippen LogP contribution in [0.3, 0.4) is 0 Å². The van der Waals surface area contributed by atoms with Crippen molar-refractivity contribution in [2.75, 3.05) is 24.2 Å². The largest absolute Gasteiger partial charge is 0.495 e. The first-order chi connectivity index (χ1) is 20.0. The molecule has 226 valence electrons. The van der Waals surface area contributed by atoms with E-state index in [0.717, 1.165) is 28.3 Å². The number of halogens is 1. The smallest absolute Gasteiger partial charge is 0.243 e. The number of para-hydroxylation sites is 2. The molecule has 0 fully saturated rings. The second-order valence-corrected chi connectivity index (χ2v) is 13.1. The minimum Gasteiger partial charge on any atom is -0.495 e. The summed E-state index contributed by atoms with van der Waals surface area (Å²) < 4.78 is 33.0. The molecule has 0 radical (unpaired) electrons. The van der Waals surface area contributed by atoms with Crippen LogP contribution in [0, 0.1) is 0 Å². The number of benzene rings is 3. The molecule has 10 heteroatoms. The second kappa shape index (κ2) is 15.7. The highest BCUT2D eigenvalue weighted by Gasteiger charge is 2.31. The lowest BCUT2D eigenvalue weighted by atomic mass is 10.0. The van der Waals surface area contributed by atoms with Crippen LogP contribution in [0.5, 0.6) is 5.75 Å². The molecule has 0 spiro atoms. The first-order valence-electron chi connectivity index (χ1n) is 14.0. The lowest BCUT2D eigenvalue weighted by molar-refractivity contribution is -0.141. The zero-order valence-electron chi connectivity index (χ0n) is 24.6. The molecule has 0 saturated carbocycles. The van der Waals surface area contributed by atoms with Crippen molar-refractivity contribution in [3.05, 3.63) is 94.5 Å². The highest BCUT2D eigenvalue weighted by Crippen LogP contribution is 2.30. The molecule has 0 aliphatic rings. The van der Waals surface area contributed by atoms with Crippen molar-refractivity contribution in [3.63, 3.8) is 0 Å². The van der Waals surface area contributed by atoms with E-state index < -0.39 is 16.1 Å². The lowest BCUT2D eigenvalue weighted by Gasteiger charge is -2.33. The van der Waals surface area contributed by atoms with Gasteiger partial charge < -0.3 is 15.0 Å². The normalized spacial score (nSPS) is 12.7. The van der Waals surface area contributed by atoms with Crippen LogP contribution in [0.2, 0.25) is 0 Å². The van der Waals surface area contributed by atoms with Gasteiger partial charge in [-0.1, -0.05) is 77.5 Å². The zero-order chi connectivity index (χ0) is 30.7. The van der Waals surface area contributed by atoms with E-state index >= 15 is 0 Å². The summed E-state index contributed by atoms with van der Waals surface area (Å²) in [6, 6.07) is 23.4. The maximum Gasteiger partial charge on any atom is 0.243 e. The number of methoxy groups -OCH3 is 1. The number of nitrogens with one attached hydrogen (secondary N) is 1. The van der Waals surface area contributed by atoms with Gasteiger partial charge in [-0.15, -0.1) is 0 Å². The highest BCUT2D eigenvalue weighted by molar-refractivity contribution is 9.10. The number of carbonyl (C=O) groups is 2. The molecule has 3 aromatic rings. The first kappa shape index (κ1) is 33.1. The number of rotatable bonds is 15. The van der Waals surface area contributed by atoms with Gasteiger partial charge in [-0.2, -0.15) is 0 Å². The molecule has 42 heavy (non-hydrogen) atoms. The van der Waals surface area contributed by atoms with E-state index in [1.165, 1.54) is 11.4 Å². The number of amides is 2. The summed E-state index contributed by atoms with van der Waals surface area (Å²) in [7, 11) is -2.16. The summed E-state index contributed by atoms with van der Waals surface area (Å²) in [5.74, 6) is -0.0205. The van der Waals surface area contributed by atoms with Crippen LogP contribution in [0.15, 0.2) is 83.3 Å². The standard InChI is InChI=1S/C32H40BrN3O5S/c1-5-24(2)34-32(38)29(22-25-12-7-6-8-13-25)35(23-26-17-19-27(33)20-18-26)31(37)16-11-21-36(42(4,39)40)28-14-9-10-15-30(28)41-3/h6-10,12-15,17-20,24,29H,5,11,16,21-23H2,1-4H3,(H,34,38)/t24-,29-/m0/s1. The van der Waals surface area contributed by atoms with E-state index in [9.17, 15) is 18.0 Å². The fourth-order valence-electron chi connectivity index (χ4n) is 4.60. The Bertz CT molecular complexity index is 1420. The Morgan fingerprint density at radius 2 is 1.60 bits per heavy atom. The summed E-state index contributed by atoms with van der Waals surface area (Å²) in [4.78, 5) is 29.2. The van der Waals surface area contributed by atoms with Gasteiger partial charge >= 0.3 is 0 Å². The number of nitrogens with zero attached hydrogens (tertiary/aromatic N) is 2. The monoisotopic (exact) mass is 657 g/mol. The van der Waals surface area contributed by atoms with Crippen molar-refractivity contribution < 1.29 is 22.7 Å². The van der Waals surface area contributed by atoms with Gasteiger partial charge in [0.05, 0.1) is 19.1 Å². The third-order valence-electron chi connectivity index (χ3n) is 7.04. The summed E-state index contributed by atoms with van der Waals surface area (Å²) in [5.41, 5.74) is 2.24. The number of hydrogen-bond acceptors (Lipinski definition) is 5. The number of sulfonamides is 1. The van der Waals surface area contributed by atoms with Crippen molar-refractivity contribution in [1.29, 1.82) is 0 Å². The van der Waals surface area contributed by atoms with Crippen molar-refractivity contribution >= 4 is 43.5 Å². The van der Waals surface area contributed by atoms with Gasteiger partial charge in [0.15, 0.2) is 0 Å². The van der Waals surface area contributed by atoms with Gasteiger partial charge in [0, 0.05) is 36.4 Å². The van der Waals surface area contributed by atoms with Crippen LogP contribution in [-0.2, 0) is 32.6 Å². The summed E-state index contributed by atoms with van der Waals surface area (Å²) in [5, 5.41) is 3.07. The minimum absolute atomic E-state index is 0.0513. The van der Waals surface area contributed by atoms with E-state index in [0.29, 0.717) is 17.9 Å². The Hall–Kier alpha value is -3.37. The molecule has 3 rings (SSSR count). The average molecular weight is 659 g/mol. The maximum absolute atomic E-state index is 13.9. The topological polar surface area (TPSA) is 96.0 Å². The molecule has 8 nitrogen and oxygen atoms in total. The molecule has 0 heterocycles. The molecular weight excluding hydrogens is 618 g/mol. The van der Waals surface area contributed by atoms with E-state index in [1.807, 2.05) is 68.4 Å². The van der Waals surface area contributed by atoms with Gasteiger partial charge in [-0.25, -0.2) is 8.42 Å². The average Bonchev–Trinajstić information content (AvgIpc) is 2.97. The molecule has 2 atom stereocenters. The Balaban J connectivity index is 1.90. The Labute approximate surface area is 258 Å². The van der Waals surface area contributed by atoms with E-state index in [2.05, 4.69) is 21.2 Å². The van der Waals surface area contributed by atoms with Gasteiger partial charge in [0.25, 0.3) is 0 Å². The second-order valence-electron chi connectivity index (χ2n) is 10.3. The van der Waals surface area contributed by atoms with Gasteiger partial charge in [0.1, 0.15) is 11.8 Å². The number of hydrogen-bond donors (Lipinski definition) is 1. The summed E-state index contributed by atoms with van der Waals surface area (Å²) in [6.07, 6.45) is 2.55. The van der Waals surface area contributed by atoms with Crippen molar-refractivity contribution in [3.8, 4) is 5.75 Å². The SMILES string of the molecule is CC[C@H](C)NC(=O)[C@H](Cc1ccccc1)N(Cc1ccc(Br)cc1)C(=O)CCCN(c1ccccc1OC)S(C)(=O)=O. The molecule has 0 bridgehead atoms. The van der Waals surface area contributed by atoms with Crippen LogP contribution < -0.4 is 14.4 Å². The van der Waals surface area contributed by atoms with Gasteiger partial charge in [-0.05, 0) is 55.2 Å². The molecule has 0 aliphatic carbocycles. The molecule has 3 aromatic carbocycles. The summed E-state index contributed by atoms with van der Waals surface area (Å²) >= 11 is 3.46. The van der Waals surface area contributed by atoms with Gasteiger partial charge in [0.2, 0.25) is 21.8 Å². The van der Waals surface area contributed by atoms with Crippen LogP contribution >= 0.6 is 15.9 Å². The highest BCUT2D eigenvalue weighted by atomic mass is 79.9. The van der Waals surface area contributed by atoms with Crippen LogP contribution in [0.1, 0.15) is 44.2 Å². The van der Waals surface area contributed by atoms with Gasteiger partial charge in [-0.3, -0.25) is 13.9 Å². The Kier molecular flexibility index (Phi) is 12.4. The van der Waals surface area contributed by atoms with E-state index in [-0.39, 0.29) is 43.8 Å². The van der Waals surface area contributed by atoms with Crippen molar-refractivity contribution in [2.24, 2.45) is 0 Å². The van der Waals surface area contributed by atoms with Crippen molar-refractivity contribution in [2.45, 2.75) is 58.2 Å².